The number of carbonyl (C=O) groups excluding carboxylic acids is 1. The van der Waals surface area contributed by atoms with Gasteiger partial charge in [-0.15, -0.1) is 0 Å². The van der Waals surface area contributed by atoms with E-state index in [1.54, 1.807) is 0 Å². The number of ether oxygens (including phenoxy) is 2. The third kappa shape index (κ3) is 1.84. The molecule has 1 aliphatic rings. The maximum Gasteiger partial charge on any atom is 0.301 e. The second kappa shape index (κ2) is 4.94. The zero-order chi connectivity index (χ0) is 14.0. The van der Waals surface area contributed by atoms with Crippen LogP contribution in [0.3, 0.4) is 0 Å². The minimum Gasteiger partial charge on any atom is -0.458 e. The Morgan fingerprint density at radius 3 is 2.15 bits per heavy atom. The first kappa shape index (κ1) is 12.6. The minimum absolute atomic E-state index is 0.183. The fraction of sp³-hybridized carbons (Fsp3) is 0.118. The lowest BCUT2D eigenvalue weighted by Crippen LogP contribution is -2.36. The summed E-state index contributed by atoms with van der Waals surface area (Å²) in [6.45, 7) is 0. The zero-order valence-electron chi connectivity index (χ0n) is 11.1. The molecule has 100 valence electrons. The highest BCUT2D eigenvalue weighted by Crippen LogP contribution is 2.39. The molecule has 3 heteroatoms. The van der Waals surface area contributed by atoms with Crippen molar-refractivity contribution in [1.29, 1.82) is 0 Å². The molecule has 0 fully saturated rings. The highest BCUT2D eigenvalue weighted by Gasteiger charge is 2.48. The second-order valence-corrected chi connectivity index (χ2v) is 4.53. The number of hydrogen-bond acceptors (Lipinski definition) is 3. The molecule has 0 N–H and O–H groups in total. The van der Waals surface area contributed by atoms with Crippen molar-refractivity contribution >= 4 is 11.4 Å². The van der Waals surface area contributed by atoms with Crippen molar-refractivity contribution in [3.63, 3.8) is 0 Å². The zero-order valence-corrected chi connectivity index (χ0v) is 11.1. The molecule has 20 heavy (non-hydrogen) atoms. The average molecular weight is 266 g/mol. The van der Waals surface area contributed by atoms with Gasteiger partial charge >= 0.3 is 5.79 Å². The summed E-state index contributed by atoms with van der Waals surface area (Å²) >= 11 is 0. The van der Waals surface area contributed by atoms with Crippen LogP contribution in [0.4, 0.5) is 0 Å². The van der Waals surface area contributed by atoms with Crippen LogP contribution in [0.5, 0.6) is 0 Å². The predicted octanol–water partition coefficient (Wildman–Crippen LogP) is 3.13. The van der Waals surface area contributed by atoms with Gasteiger partial charge in [0.05, 0.1) is 11.8 Å². The quantitative estimate of drug-likeness (QED) is 0.856. The highest BCUT2D eigenvalue weighted by atomic mass is 16.7. The van der Waals surface area contributed by atoms with Crippen LogP contribution in [0.25, 0.3) is 5.57 Å². The molecule has 0 spiro atoms. The van der Waals surface area contributed by atoms with E-state index < -0.39 is 5.79 Å². The molecule has 0 aliphatic carbocycles. The van der Waals surface area contributed by atoms with Crippen LogP contribution in [-0.4, -0.2) is 12.9 Å². The molecule has 0 bridgehead atoms. The molecule has 0 amide bonds. The van der Waals surface area contributed by atoms with E-state index in [1.165, 1.54) is 13.4 Å². The molecule has 1 atom stereocenters. The fourth-order valence-electron chi connectivity index (χ4n) is 2.36. The van der Waals surface area contributed by atoms with Crippen molar-refractivity contribution in [2.75, 3.05) is 7.11 Å². The van der Waals surface area contributed by atoms with Crippen molar-refractivity contribution in [2.45, 2.75) is 5.79 Å². The van der Waals surface area contributed by atoms with Gasteiger partial charge < -0.3 is 9.47 Å². The molecule has 0 radical (unpaired) electrons. The second-order valence-electron chi connectivity index (χ2n) is 4.53. The van der Waals surface area contributed by atoms with Crippen molar-refractivity contribution in [1.82, 2.24) is 0 Å². The van der Waals surface area contributed by atoms with Crippen LogP contribution in [-0.2, 0) is 20.1 Å². The summed E-state index contributed by atoms with van der Waals surface area (Å²) in [5.41, 5.74) is 2.04. The van der Waals surface area contributed by atoms with Gasteiger partial charge in [0.25, 0.3) is 0 Å². The SMILES string of the molecule is CO[C@@]1(c2ccccc2)OC=C(c2ccccc2)C1=O. The topological polar surface area (TPSA) is 35.5 Å². The Labute approximate surface area is 117 Å². The third-order valence-electron chi connectivity index (χ3n) is 3.41. The first-order chi connectivity index (χ1) is 9.78. The van der Waals surface area contributed by atoms with Gasteiger partial charge in [0.1, 0.15) is 0 Å². The van der Waals surface area contributed by atoms with E-state index in [0.29, 0.717) is 11.1 Å². The number of ketones is 1. The van der Waals surface area contributed by atoms with E-state index in [0.717, 1.165) is 5.56 Å². The molecule has 0 saturated heterocycles. The normalized spacial score (nSPS) is 21.4. The summed E-state index contributed by atoms with van der Waals surface area (Å²) in [5, 5.41) is 0. The largest absolute Gasteiger partial charge is 0.458 e. The lowest BCUT2D eigenvalue weighted by molar-refractivity contribution is -0.190. The van der Waals surface area contributed by atoms with Crippen molar-refractivity contribution in [3.05, 3.63) is 78.1 Å². The van der Waals surface area contributed by atoms with Gasteiger partial charge in [-0.1, -0.05) is 60.7 Å². The van der Waals surface area contributed by atoms with Crippen LogP contribution >= 0.6 is 0 Å². The molecule has 2 aromatic carbocycles. The Kier molecular flexibility index (Phi) is 3.12. The fourth-order valence-corrected chi connectivity index (χ4v) is 2.36. The molecule has 0 saturated carbocycles. The van der Waals surface area contributed by atoms with E-state index in [2.05, 4.69) is 0 Å². The number of rotatable bonds is 3. The molecular formula is C17H14O3. The van der Waals surface area contributed by atoms with Crippen LogP contribution < -0.4 is 0 Å². The standard InChI is InChI=1S/C17H14O3/c1-19-17(14-10-6-3-7-11-14)16(18)15(12-20-17)13-8-4-2-5-9-13/h2-12H,1H3/t17-/m0/s1. The van der Waals surface area contributed by atoms with Gasteiger partial charge in [0.2, 0.25) is 5.78 Å². The Hall–Kier alpha value is -2.39. The maximum atomic E-state index is 12.7. The van der Waals surface area contributed by atoms with Gasteiger partial charge in [0, 0.05) is 12.7 Å². The van der Waals surface area contributed by atoms with Crippen LogP contribution in [0.1, 0.15) is 11.1 Å². The maximum absolute atomic E-state index is 12.7. The summed E-state index contributed by atoms with van der Waals surface area (Å²) in [5.74, 6) is -1.55. The highest BCUT2D eigenvalue weighted by molar-refractivity contribution is 6.25. The van der Waals surface area contributed by atoms with Gasteiger partial charge in [0.15, 0.2) is 0 Å². The molecular weight excluding hydrogens is 252 g/mol. The van der Waals surface area contributed by atoms with E-state index in [-0.39, 0.29) is 5.78 Å². The van der Waals surface area contributed by atoms with Crippen molar-refractivity contribution in [3.8, 4) is 0 Å². The summed E-state index contributed by atoms with van der Waals surface area (Å²) in [7, 11) is 1.48. The summed E-state index contributed by atoms with van der Waals surface area (Å²) < 4.78 is 11.0. The van der Waals surface area contributed by atoms with Crippen LogP contribution in [0, 0.1) is 0 Å². The van der Waals surface area contributed by atoms with Gasteiger partial charge in [-0.05, 0) is 5.56 Å². The lowest BCUT2D eigenvalue weighted by Gasteiger charge is -2.25. The number of hydrogen-bond donors (Lipinski definition) is 0. The smallest absolute Gasteiger partial charge is 0.301 e. The number of methoxy groups -OCH3 is 1. The first-order valence-electron chi connectivity index (χ1n) is 6.37. The van der Waals surface area contributed by atoms with E-state index in [1.807, 2.05) is 60.7 Å². The van der Waals surface area contributed by atoms with Crippen LogP contribution in [0.2, 0.25) is 0 Å². The number of benzene rings is 2. The van der Waals surface area contributed by atoms with Gasteiger partial charge in [-0.2, -0.15) is 0 Å². The monoisotopic (exact) mass is 266 g/mol. The molecule has 2 aromatic rings. The van der Waals surface area contributed by atoms with Gasteiger partial charge in [-0.3, -0.25) is 4.79 Å². The van der Waals surface area contributed by atoms with E-state index >= 15 is 0 Å². The lowest BCUT2D eigenvalue weighted by atomic mass is 9.94. The minimum atomic E-state index is -1.37. The number of Topliss-reactive ketones (excluding diaryl/α,β-unsaturated/α-hetero) is 1. The number of carbonyl (C=O) groups is 1. The Morgan fingerprint density at radius 1 is 0.950 bits per heavy atom. The third-order valence-corrected chi connectivity index (χ3v) is 3.41. The Bertz CT molecular complexity index is 646. The Balaban J connectivity index is 2.01. The van der Waals surface area contributed by atoms with Crippen LogP contribution in [0.15, 0.2) is 66.9 Å². The summed E-state index contributed by atoms with van der Waals surface area (Å²) in [4.78, 5) is 12.7. The van der Waals surface area contributed by atoms with E-state index in [9.17, 15) is 4.79 Å². The molecule has 1 heterocycles. The van der Waals surface area contributed by atoms with E-state index in [4.69, 9.17) is 9.47 Å². The Morgan fingerprint density at radius 2 is 1.55 bits per heavy atom. The summed E-state index contributed by atoms with van der Waals surface area (Å²) in [6.07, 6.45) is 1.48. The van der Waals surface area contributed by atoms with Gasteiger partial charge in [-0.25, -0.2) is 0 Å². The molecule has 3 rings (SSSR count). The predicted molar refractivity (Wildman–Crippen MR) is 75.6 cm³/mol. The summed E-state index contributed by atoms with van der Waals surface area (Å²) in [6, 6.07) is 18.7. The molecule has 0 aromatic heterocycles. The van der Waals surface area contributed by atoms with Crippen molar-refractivity contribution < 1.29 is 14.3 Å². The molecule has 3 nitrogen and oxygen atoms in total. The van der Waals surface area contributed by atoms with Crippen molar-refractivity contribution in [2.24, 2.45) is 0 Å². The average Bonchev–Trinajstić information content (AvgIpc) is 2.87. The molecule has 1 aliphatic heterocycles. The first-order valence-corrected chi connectivity index (χ1v) is 6.37. The molecule has 0 unspecified atom stereocenters.